The highest BCUT2D eigenvalue weighted by Crippen LogP contribution is 2.22. The van der Waals surface area contributed by atoms with E-state index in [2.05, 4.69) is 42.7 Å². The van der Waals surface area contributed by atoms with Crippen molar-refractivity contribution in [3.63, 3.8) is 0 Å². The third-order valence-corrected chi connectivity index (χ3v) is 3.98. The normalized spacial score (nSPS) is 18.9. The second-order valence-corrected chi connectivity index (χ2v) is 6.53. The first-order valence-corrected chi connectivity index (χ1v) is 7.45. The number of morpholine rings is 1. The summed E-state index contributed by atoms with van der Waals surface area (Å²) in [6, 6.07) is 4.21. The zero-order valence-electron chi connectivity index (χ0n) is 11.6. The summed E-state index contributed by atoms with van der Waals surface area (Å²) in [6.07, 6.45) is 0.547. The second-order valence-electron chi connectivity index (χ2n) is 5.36. The van der Waals surface area contributed by atoms with Crippen molar-refractivity contribution in [2.45, 2.75) is 32.4 Å². The van der Waals surface area contributed by atoms with Crippen LogP contribution in [0.1, 0.15) is 30.0 Å². The van der Waals surface area contributed by atoms with Crippen molar-refractivity contribution in [2.24, 2.45) is 0 Å². The lowest BCUT2D eigenvalue weighted by Gasteiger charge is -2.37. The van der Waals surface area contributed by atoms with Gasteiger partial charge in [-0.3, -0.25) is 4.90 Å². The first-order valence-electron chi connectivity index (χ1n) is 6.64. The highest BCUT2D eigenvalue weighted by atomic mass is 32.1. The molecule has 0 radical (unpaired) electrons. The molecule has 0 atom stereocenters. The van der Waals surface area contributed by atoms with Crippen molar-refractivity contribution in [1.29, 1.82) is 0 Å². The summed E-state index contributed by atoms with van der Waals surface area (Å²) in [7, 11) is 0. The number of ether oxygens (including phenoxy) is 1. The van der Waals surface area contributed by atoms with Gasteiger partial charge in [0.25, 0.3) is 0 Å². The van der Waals surface area contributed by atoms with E-state index in [1.807, 2.05) is 0 Å². The van der Waals surface area contributed by atoms with E-state index < -0.39 is 0 Å². The molecular weight excluding hydrogens is 258 g/mol. The second kappa shape index (κ2) is 6.53. The van der Waals surface area contributed by atoms with Crippen LogP contribution < -0.4 is 0 Å². The molecule has 0 aromatic carbocycles. The van der Waals surface area contributed by atoms with Gasteiger partial charge in [0.1, 0.15) is 0 Å². The Bertz CT molecular complexity index is 470. The van der Waals surface area contributed by atoms with E-state index in [-0.39, 0.29) is 12.2 Å². The molecule has 0 aliphatic carbocycles. The van der Waals surface area contributed by atoms with Gasteiger partial charge >= 0.3 is 0 Å². The van der Waals surface area contributed by atoms with Crippen LogP contribution in [-0.4, -0.2) is 41.9 Å². The number of aliphatic hydroxyl groups is 1. The number of hydrogen-bond acceptors (Lipinski definition) is 4. The molecule has 1 N–H and O–H groups in total. The zero-order valence-corrected chi connectivity index (χ0v) is 12.4. The van der Waals surface area contributed by atoms with Crippen molar-refractivity contribution in [2.75, 3.05) is 26.3 Å². The summed E-state index contributed by atoms with van der Waals surface area (Å²) in [6.45, 7) is 8.15. The van der Waals surface area contributed by atoms with Gasteiger partial charge in [-0.25, -0.2) is 0 Å². The Balaban J connectivity index is 1.91. The Labute approximate surface area is 119 Å². The van der Waals surface area contributed by atoms with Gasteiger partial charge in [0, 0.05) is 30.9 Å². The van der Waals surface area contributed by atoms with Crippen LogP contribution in [0, 0.1) is 11.8 Å². The van der Waals surface area contributed by atoms with Crippen LogP contribution in [0.4, 0.5) is 0 Å². The third-order valence-electron chi connectivity index (χ3n) is 2.99. The van der Waals surface area contributed by atoms with E-state index in [1.165, 1.54) is 4.88 Å². The van der Waals surface area contributed by atoms with Crippen molar-refractivity contribution in [3.8, 4) is 11.8 Å². The van der Waals surface area contributed by atoms with E-state index in [0.717, 1.165) is 31.1 Å². The molecule has 0 saturated carbocycles. The van der Waals surface area contributed by atoms with Crippen molar-refractivity contribution in [1.82, 2.24) is 4.90 Å². The molecule has 1 fully saturated rings. The fourth-order valence-electron chi connectivity index (χ4n) is 2.21. The molecule has 3 nitrogen and oxygen atoms in total. The van der Waals surface area contributed by atoms with Gasteiger partial charge in [-0.2, -0.15) is 0 Å². The van der Waals surface area contributed by atoms with Gasteiger partial charge < -0.3 is 9.84 Å². The van der Waals surface area contributed by atoms with E-state index in [0.29, 0.717) is 6.42 Å². The SMILES string of the molecule is CC1(C)CN(Cc2ccc(C#CCCO)s2)CCO1. The molecule has 0 bridgehead atoms. The van der Waals surface area contributed by atoms with Gasteiger partial charge in [-0.1, -0.05) is 11.8 Å². The maximum Gasteiger partial charge on any atom is 0.0771 e. The van der Waals surface area contributed by atoms with Gasteiger partial charge in [0.05, 0.1) is 23.7 Å². The smallest absolute Gasteiger partial charge is 0.0771 e. The van der Waals surface area contributed by atoms with Gasteiger partial charge in [0.2, 0.25) is 0 Å². The van der Waals surface area contributed by atoms with Gasteiger partial charge in [-0.15, -0.1) is 11.3 Å². The van der Waals surface area contributed by atoms with Crippen molar-refractivity contribution < 1.29 is 9.84 Å². The topological polar surface area (TPSA) is 32.7 Å². The minimum absolute atomic E-state index is 0.0424. The first-order chi connectivity index (χ1) is 9.09. The molecule has 2 rings (SSSR count). The maximum absolute atomic E-state index is 8.70. The molecule has 2 heterocycles. The van der Waals surface area contributed by atoms with Crippen LogP contribution >= 0.6 is 11.3 Å². The summed E-state index contributed by atoms with van der Waals surface area (Å²) in [4.78, 5) is 4.85. The average Bonchev–Trinajstić information content (AvgIpc) is 2.76. The molecule has 1 aromatic heterocycles. The summed E-state index contributed by atoms with van der Waals surface area (Å²) >= 11 is 1.74. The minimum Gasteiger partial charge on any atom is -0.395 e. The van der Waals surface area contributed by atoms with Crippen molar-refractivity contribution >= 4 is 11.3 Å². The largest absolute Gasteiger partial charge is 0.395 e. The fourth-order valence-corrected chi connectivity index (χ4v) is 3.13. The lowest BCUT2D eigenvalue weighted by atomic mass is 10.1. The Morgan fingerprint density at radius 2 is 2.32 bits per heavy atom. The average molecular weight is 279 g/mol. The summed E-state index contributed by atoms with van der Waals surface area (Å²) in [5.41, 5.74) is -0.0424. The Kier molecular flexibility index (Phi) is 5.00. The zero-order chi connectivity index (χ0) is 13.7. The molecule has 0 unspecified atom stereocenters. The van der Waals surface area contributed by atoms with Crippen LogP contribution in [0.2, 0.25) is 0 Å². The maximum atomic E-state index is 8.70. The van der Waals surface area contributed by atoms with Gasteiger partial charge in [0.15, 0.2) is 0 Å². The molecular formula is C15H21NO2S. The highest BCUT2D eigenvalue weighted by molar-refractivity contribution is 7.12. The van der Waals surface area contributed by atoms with Crippen LogP contribution in [0.25, 0.3) is 0 Å². The molecule has 104 valence electrons. The Morgan fingerprint density at radius 3 is 3.05 bits per heavy atom. The highest BCUT2D eigenvalue weighted by Gasteiger charge is 2.27. The molecule has 1 saturated heterocycles. The van der Waals surface area contributed by atoms with Crippen LogP contribution in [-0.2, 0) is 11.3 Å². The molecule has 4 heteroatoms. The van der Waals surface area contributed by atoms with Crippen LogP contribution in [0.15, 0.2) is 12.1 Å². The van der Waals surface area contributed by atoms with Crippen molar-refractivity contribution in [3.05, 3.63) is 21.9 Å². The predicted octanol–water partition coefficient (Wildman–Crippen LogP) is 2.09. The fraction of sp³-hybridized carbons (Fsp3) is 0.600. The van der Waals surface area contributed by atoms with Crippen LogP contribution in [0.5, 0.6) is 0 Å². The third kappa shape index (κ3) is 4.63. The van der Waals surface area contributed by atoms with Crippen LogP contribution in [0.3, 0.4) is 0 Å². The quantitative estimate of drug-likeness (QED) is 0.860. The predicted molar refractivity (Wildman–Crippen MR) is 78.2 cm³/mol. The van der Waals surface area contributed by atoms with Gasteiger partial charge in [-0.05, 0) is 26.0 Å². The number of rotatable bonds is 3. The number of aliphatic hydroxyl groups excluding tert-OH is 1. The lowest BCUT2D eigenvalue weighted by molar-refractivity contribution is -0.0880. The number of thiophene rings is 1. The monoisotopic (exact) mass is 279 g/mol. The molecule has 0 spiro atoms. The molecule has 19 heavy (non-hydrogen) atoms. The molecule has 1 aromatic rings. The Morgan fingerprint density at radius 1 is 1.47 bits per heavy atom. The number of nitrogens with zero attached hydrogens (tertiary/aromatic N) is 1. The number of hydrogen-bond donors (Lipinski definition) is 1. The molecule has 0 amide bonds. The first kappa shape index (κ1) is 14.5. The lowest BCUT2D eigenvalue weighted by Crippen LogP contribution is -2.47. The van der Waals surface area contributed by atoms with E-state index in [9.17, 15) is 0 Å². The summed E-state index contributed by atoms with van der Waals surface area (Å²) in [5, 5.41) is 8.70. The van der Waals surface area contributed by atoms with E-state index >= 15 is 0 Å². The molecule has 1 aliphatic heterocycles. The minimum atomic E-state index is -0.0424. The summed E-state index contributed by atoms with van der Waals surface area (Å²) < 4.78 is 5.72. The standard InChI is InChI=1S/C15H21NO2S/c1-15(2)12-16(8-10-18-15)11-14-7-6-13(19-14)5-3-4-9-17/h6-7,17H,4,8-12H2,1-2H3. The summed E-state index contributed by atoms with van der Waals surface area (Å²) in [5.74, 6) is 6.04. The molecule has 1 aliphatic rings. The van der Waals surface area contributed by atoms with E-state index in [1.54, 1.807) is 11.3 Å². The Hall–Kier alpha value is -0.860. The van der Waals surface area contributed by atoms with E-state index in [4.69, 9.17) is 9.84 Å².